The third-order valence-corrected chi connectivity index (χ3v) is 4.57. The summed E-state index contributed by atoms with van der Waals surface area (Å²) in [4.78, 5) is 7.91. The molecule has 0 aromatic heterocycles. The summed E-state index contributed by atoms with van der Waals surface area (Å²) in [5, 5.41) is 4.46. The summed E-state index contributed by atoms with van der Waals surface area (Å²) in [6.45, 7) is 4.95. The molecular formula is C23H32N2O. The monoisotopic (exact) mass is 352 g/mol. The van der Waals surface area contributed by atoms with Gasteiger partial charge < -0.3 is 9.74 Å². The number of oxime groups is 1. The van der Waals surface area contributed by atoms with Gasteiger partial charge in [0.2, 0.25) is 0 Å². The van der Waals surface area contributed by atoms with Crippen molar-refractivity contribution >= 4 is 5.71 Å². The van der Waals surface area contributed by atoms with Gasteiger partial charge in [-0.2, -0.15) is 0 Å². The highest BCUT2D eigenvalue weighted by molar-refractivity contribution is 6.00. The number of aryl methyl sites for hydroxylation is 1. The van der Waals surface area contributed by atoms with E-state index in [0.29, 0.717) is 6.61 Å². The first-order valence-electron chi connectivity index (χ1n) is 9.76. The fourth-order valence-corrected chi connectivity index (χ4v) is 2.82. The van der Waals surface area contributed by atoms with Crippen LogP contribution in [0.1, 0.15) is 43.7 Å². The van der Waals surface area contributed by atoms with E-state index in [1.165, 1.54) is 5.56 Å². The maximum absolute atomic E-state index is 5.62. The Balaban J connectivity index is 1.80. The molecule has 3 heteroatoms. The molecule has 0 aliphatic carbocycles. The molecule has 0 spiro atoms. The van der Waals surface area contributed by atoms with Crippen molar-refractivity contribution in [3.63, 3.8) is 0 Å². The Labute approximate surface area is 158 Å². The lowest BCUT2D eigenvalue weighted by Crippen LogP contribution is -2.19. The summed E-state index contributed by atoms with van der Waals surface area (Å²) in [5.74, 6) is 0. The largest absolute Gasteiger partial charge is 0.396 e. The molecule has 2 aromatic rings. The summed E-state index contributed by atoms with van der Waals surface area (Å²) in [6.07, 6.45) is 5.35. The summed E-state index contributed by atoms with van der Waals surface area (Å²) < 4.78 is 0. The summed E-state index contributed by atoms with van der Waals surface area (Å²) >= 11 is 0. The Morgan fingerprint density at radius 3 is 2.31 bits per heavy atom. The van der Waals surface area contributed by atoms with E-state index in [1.807, 2.05) is 6.07 Å². The number of rotatable bonds is 12. The second kappa shape index (κ2) is 12.3. The van der Waals surface area contributed by atoms with E-state index in [4.69, 9.17) is 4.84 Å². The van der Waals surface area contributed by atoms with E-state index in [9.17, 15) is 0 Å². The molecule has 0 heterocycles. The van der Waals surface area contributed by atoms with Crippen LogP contribution in [0.4, 0.5) is 0 Å². The molecule has 0 radical (unpaired) electrons. The summed E-state index contributed by atoms with van der Waals surface area (Å²) in [7, 11) is 2.13. The van der Waals surface area contributed by atoms with E-state index >= 15 is 0 Å². The van der Waals surface area contributed by atoms with Crippen LogP contribution in [-0.2, 0) is 11.3 Å². The van der Waals surface area contributed by atoms with Gasteiger partial charge in [0.25, 0.3) is 0 Å². The zero-order valence-electron chi connectivity index (χ0n) is 16.2. The van der Waals surface area contributed by atoms with Gasteiger partial charge in [-0.25, -0.2) is 0 Å². The number of benzene rings is 2. The average Bonchev–Trinajstić information content (AvgIpc) is 2.70. The molecule has 3 nitrogen and oxygen atoms in total. The third-order valence-electron chi connectivity index (χ3n) is 4.57. The zero-order chi connectivity index (χ0) is 18.5. The minimum absolute atomic E-state index is 0.671. The highest BCUT2D eigenvalue weighted by Crippen LogP contribution is 2.11. The molecule has 0 fully saturated rings. The summed E-state index contributed by atoms with van der Waals surface area (Å²) in [6, 6.07) is 21.1. The smallest absolute Gasteiger partial charge is 0.118 e. The van der Waals surface area contributed by atoms with Gasteiger partial charge in [0.15, 0.2) is 0 Å². The van der Waals surface area contributed by atoms with Crippen molar-refractivity contribution in [2.24, 2.45) is 5.16 Å². The Bertz CT molecular complexity index is 625. The van der Waals surface area contributed by atoms with Crippen LogP contribution in [0.15, 0.2) is 65.8 Å². The van der Waals surface area contributed by atoms with E-state index in [2.05, 4.69) is 78.6 Å². The van der Waals surface area contributed by atoms with Gasteiger partial charge in [0, 0.05) is 6.54 Å². The van der Waals surface area contributed by atoms with E-state index in [1.54, 1.807) is 0 Å². The molecule has 140 valence electrons. The molecule has 0 unspecified atom stereocenters. The quantitative estimate of drug-likeness (QED) is 0.299. The first-order valence-corrected chi connectivity index (χ1v) is 9.76. The van der Waals surface area contributed by atoms with E-state index < -0.39 is 0 Å². The Hall–Kier alpha value is -2.13. The molecule has 2 aromatic carbocycles. The van der Waals surface area contributed by atoms with Crippen molar-refractivity contribution in [1.82, 2.24) is 4.90 Å². The number of unbranched alkanes of at least 4 members (excludes halogenated alkanes) is 1. The number of hydrogen-bond acceptors (Lipinski definition) is 3. The minimum atomic E-state index is 0.671. The van der Waals surface area contributed by atoms with Crippen LogP contribution in [0.3, 0.4) is 0 Å². The Morgan fingerprint density at radius 1 is 0.923 bits per heavy atom. The molecule has 0 atom stereocenters. The van der Waals surface area contributed by atoms with Crippen LogP contribution in [-0.4, -0.2) is 37.4 Å². The van der Waals surface area contributed by atoms with Crippen molar-refractivity contribution in [2.75, 3.05) is 26.7 Å². The Morgan fingerprint density at radius 2 is 1.62 bits per heavy atom. The fraction of sp³-hybridized carbons (Fsp3) is 0.435. The second-order valence-electron chi connectivity index (χ2n) is 6.68. The molecule has 0 aliphatic rings. The van der Waals surface area contributed by atoms with E-state index in [0.717, 1.165) is 56.5 Å². The van der Waals surface area contributed by atoms with Crippen LogP contribution in [0.5, 0.6) is 0 Å². The lowest BCUT2D eigenvalue weighted by atomic mass is 10.0. The van der Waals surface area contributed by atoms with Gasteiger partial charge in [0.1, 0.15) is 6.61 Å². The van der Waals surface area contributed by atoms with Crippen molar-refractivity contribution < 1.29 is 4.84 Å². The van der Waals surface area contributed by atoms with Crippen LogP contribution >= 0.6 is 0 Å². The highest BCUT2D eigenvalue weighted by Gasteiger charge is 2.05. The van der Waals surface area contributed by atoms with Crippen molar-refractivity contribution in [2.45, 2.75) is 39.0 Å². The average molecular weight is 353 g/mol. The molecular weight excluding hydrogens is 320 g/mol. The molecule has 0 saturated carbocycles. The zero-order valence-corrected chi connectivity index (χ0v) is 16.2. The molecule has 0 N–H and O–H groups in total. The van der Waals surface area contributed by atoms with Crippen LogP contribution in [0.25, 0.3) is 0 Å². The molecule has 2 rings (SSSR count). The van der Waals surface area contributed by atoms with Crippen molar-refractivity contribution in [3.8, 4) is 0 Å². The second-order valence-corrected chi connectivity index (χ2v) is 6.68. The Kier molecular flexibility index (Phi) is 9.52. The molecule has 0 amide bonds. The fourth-order valence-electron chi connectivity index (χ4n) is 2.82. The van der Waals surface area contributed by atoms with Gasteiger partial charge >= 0.3 is 0 Å². The predicted octanol–water partition coefficient (Wildman–Crippen LogP) is 5.16. The van der Waals surface area contributed by atoms with Gasteiger partial charge in [0.05, 0.1) is 5.71 Å². The SMILES string of the molecule is CCN(C)CCCON=C(CCCCc1ccccc1)c1ccccc1. The minimum Gasteiger partial charge on any atom is -0.396 e. The highest BCUT2D eigenvalue weighted by atomic mass is 16.6. The van der Waals surface area contributed by atoms with Gasteiger partial charge in [-0.3, -0.25) is 0 Å². The first-order chi connectivity index (χ1) is 12.8. The lowest BCUT2D eigenvalue weighted by molar-refractivity contribution is 0.132. The van der Waals surface area contributed by atoms with Gasteiger partial charge in [-0.15, -0.1) is 0 Å². The van der Waals surface area contributed by atoms with Crippen molar-refractivity contribution in [1.29, 1.82) is 0 Å². The van der Waals surface area contributed by atoms with Crippen molar-refractivity contribution in [3.05, 3.63) is 71.8 Å². The summed E-state index contributed by atoms with van der Waals surface area (Å²) in [5.41, 5.74) is 3.63. The normalized spacial score (nSPS) is 11.7. The van der Waals surface area contributed by atoms with Crippen LogP contribution in [0, 0.1) is 0 Å². The molecule has 0 aliphatic heterocycles. The first kappa shape index (κ1) is 20.2. The topological polar surface area (TPSA) is 24.8 Å². The molecule has 26 heavy (non-hydrogen) atoms. The van der Waals surface area contributed by atoms with Crippen LogP contribution < -0.4 is 0 Å². The molecule has 0 saturated heterocycles. The molecule has 0 bridgehead atoms. The van der Waals surface area contributed by atoms with Crippen LogP contribution in [0.2, 0.25) is 0 Å². The maximum Gasteiger partial charge on any atom is 0.118 e. The number of nitrogens with zero attached hydrogens (tertiary/aromatic N) is 2. The standard InChI is InChI=1S/C23H32N2O/c1-3-25(2)19-12-20-26-24-23(22-16-8-5-9-17-22)18-11-10-15-21-13-6-4-7-14-21/h4-9,13-14,16-17H,3,10-12,15,18-20H2,1-2H3. The third kappa shape index (κ3) is 7.83. The predicted molar refractivity (Wildman–Crippen MR) is 111 cm³/mol. The maximum atomic E-state index is 5.62. The van der Waals surface area contributed by atoms with Gasteiger partial charge in [-0.05, 0) is 56.8 Å². The lowest BCUT2D eigenvalue weighted by Gasteiger charge is -2.12. The van der Waals surface area contributed by atoms with Gasteiger partial charge in [-0.1, -0.05) is 72.7 Å². The number of hydrogen-bond donors (Lipinski definition) is 0. The van der Waals surface area contributed by atoms with E-state index in [-0.39, 0.29) is 0 Å².